The van der Waals surface area contributed by atoms with Crippen molar-refractivity contribution in [1.82, 2.24) is 10.6 Å². The maximum absolute atomic E-state index is 13.2. The number of halogens is 1. The second kappa shape index (κ2) is 10.1. The van der Waals surface area contributed by atoms with Gasteiger partial charge in [-0.15, -0.1) is 0 Å². The molecule has 4 heteroatoms. The summed E-state index contributed by atoms with van der Waals surface area (Å²) in [5.41, 5.74) is 3.07. The predicted molar refractivity (Wildman–Crippen MR) is 133 cm³/mol. The number of nitrogens with one attached hydrogen (secondary N) is 2. The molecule has 2 N–H and O–H groups in total. The first kappa shape index (κ1) is 23.5. The monoisotopic (exact) mass is 452 g/mol. The maximum Gasteiger partial charge on any atom is 0.157 e. The van der Waals surface area contributed by atoms with Crippen LogP contribution in [0.25, 0.3) is 0 Å². The zero-order chi connectivity index (χ0) is 22.6. The van der Waals surface area contributed by atoms with Gasteiger partial charge in [-0.1, -0.05) is 80.3 Å². The Balaban J connectivity index is 1.53. The van der Waals surface area contributed by atoms with E-state index in [-0.39, 0.29) is 11.3 Å². The van der Waals surface area contributed by atoms with Gasteiger partial charge in [0.05, 0.1) is 0 Å². The first-order valence-corrected chi connectivity index (χ1v) is 12.7. The second-order valence-corrected chi connectivity index (χ2v) is 10.2. The highest BCUT2D eigenvalue weighted by atomic mass is 35.5. The fourth-order valence-electron chi connectivity index (χ4n) is 6.12. The summed E-state index contributed by atoms with van der Waals surface area (Å²) >= 11 is 6.56. The lowest BCUT2D eigenvalue weighted by atomic mass is 9.69. The number of hydrogen-bond donors (Lipinski definition) is 2. The Labute approximate surface area is 198 Å². The molecule has 0 saturated heterocycles. The topological polar surface area (TPSA) is 41.1 Å². The molecule has 0 heterocycles. The van der Waals surface area contributed by atoms with Crippen LogP contribution in [0.15, 0.2) is 48.5 Å². The highest BCUT2D eigenvalue weighted by Gasteiger charge is 2.42. The number of carbonyl (C=O) groups excluding carboxylic acids is 1. The van der Waals surface area contributed by atoms with Crippen LogP contribution in [0.4, 0.5) is 0 Å². The molecule has 0 aliphatic heterocycles. The molecule has 172 valence electrons. The molecule has 0 bridgehead atoms. The van der Waals surface area contributed by atoms with Crippen LogP contribution in [-0.2, 0) is 22.3 Å². The molecule has 0 aromatic heterocycles. The number of ketones is 1. The van der Waals surface area contributed by atoms with Gasteiger partial charge >= 0.3 is 0 Å². The van der Waals surface area contributed by atoms with Crippen molar-refractivity contribution in [2.75, 3.05) is 13.6 Å². The van der Waals surface area contributed by atoms with Crippen LogP contribution in [0.3, 0.4) is 0 Å². The van der Waals surface area contributed by atoms with E-state index in [9.17, 15) is 4.79 Å². The van der Waals surface area contributed by atoms with E-state index >= 15 is 0 Å². The predicted octanol–water partition coefficient (Wildman–Crippen LogP) is 6.14. The summed E-state index contributed by atoms with van der Waals surface area (Å²) in [6.07, 6.45) is 9.41. The quantitative estimate of drug-likeness (QED) is 0.530. The molecule has 2 aliphatic rings. The fourth-order valence-corrected chi connectivity index (χ4v) is 6.42. The summed E-state index contributed by atoms with van der Waals surface area (Å²) in [6.45, 7) is 3.13. The van der Waals surface area contributed by atoms with E-state index in [1.807, 2.05) is 24.3 Å². The minimum absolute atomic E-state index is 0.0693. The van der Waals surface area contributed by atoms with E-state index < -0.39 is 5.54 Å². The molecule has 3 atom stereocenters. The van der Waals surface area contributed by atoms with Gasteiger partial charge in [0.25, 0.3) is 0 Å². The van der Waals surface area contributed by atoms with Gasteiger partial charge in [0.15, 0.2) is 5.78 Å². The highest BCUT2D eigenvalue weighted by molar-refractivity contribution is 6.31. The summed E-state index contributed by atoms with van der Waals surface area (Å²) < 4.78 is 0. The summed E-state index contributed by atoms with van der Waals surface area (Å²) in [7, 11) is 2.11. The number of Topliss-reactive ketones (excluding diaryl/α,β-unsaturated/α-hetero) is 1. The van der Waals surface area contributed by atoms with Crippen molar-refractivity contribution in [2.45, 2.75) is 75.8 Å². The highest BCUT2D eigenvalue weighted by Crippen LogP contribution is 2.42. The van der Waals surface area contributed by atoms with Crippen LogP contribution in [0.1, 0.15) is 75.0 Å². The van der Waals surface area contributed by atoms with E-state index in [1.54, 1.807) is 0 Å². The molecule has 3 nitrogen and oxygen atoms in total. The van der Waals surface area contributed by atoms with Gasteiger partial charge in [-0.3, -0.25) is 4.79 Å². The third-order valence-corrected chi connectivity index (χ3v) is 8.37. The zero-order valence-corrected chi connectivity index (χ0v) is 20.3. The molecule has 4 rings (SSSR count). The Morgan fingerprint density at radius 1 is 1.03 bits per heavy atom. The van der Waals surface area contributed by atoms with Crippen molar-refractivity contribution < 1.29 is 4.79 Å². The van der Waals surface area contributed by atoms with Crippen LogP contribution in [0.5, 0.6) is 0 Å². The van der Waals surface area contributed by atoms with Gasteiger partial charge in [-0.2, -0.15) is 0 Å². The smallest absolute Gasteiger partial charge is 0.157 e. The van der Waals surface area contributed by atoms with Crippen molar-refractivity contribution in [3.05, 3.63) is 70.2 Å². The van der Waals surface area contributed by atoms with Gasteiger partial charge in [0.2, 0.25) is 0 Å². The molecule has 0 radical (unpaired) electrons. The van der Waals surface area contributed by atoms with Gasteiger partial charge in [0, 0.05) is 23.5 Å². The summed E-state index contributed by atoms with van der Waals surface area (Å²) in [4.78, 5) is 13.2. The Kier molecular flexibility index (Phi) is 7.39. The maximum atomic E-state index is 13.2. The SMILES string of the molecule is CN[C@@]1(c2cccc(CCN[C@@]3(c4ccccc4Cl)CCCCC3=O)c2)CCCCC1C. The van der Waals surface area contributed by atoms with Crippen molar-refractivity contribution in [3.63, 3.8) is 0 Å². The lowest BCUT2D eigenvalue weighted by Gasteiger charge is -2.43. The third kappa shape index (κ3) is 4.40. The Morgan fingerprint density at radius 2 is 1.84 bits per heavy atom. The Bertz CT molecular complexity index is 945. The Hall–Kier alpha value is -1.68. The van der Waals surface area contributed by atoms with E-state index in [1.165, 1.54) is 36.8 Å². The van der Waals surface area contributed by atoms with Crippen LogP contribution in [0, 0.1) is 5.92 Å². The number of rotatable bonds is 7. The lowest BCUT2D eigenvalue weighted by Crippen LogP contribution is -2.51. The van der Waals surface area contributed by atoms with Gasteiger partial charge in [-0.25, -0.2) is 0 Å². The zero-order valence-electron chi connectivity index (χ0n) is 19.6. The number of benzene rings is 2. The summed E-state index contributed by atoms with van der Waals surface area (Å²) in [5.74, 6) is 0.897. The summed E-state index contributed by atoms with van der Waals surface area (Å²) in [6, 6.07) is 16.9. The standard InChI is InChI=1S/C28H37ClN2O/c1-21-10-5-7-17-27(21,30-2)23-12-9-11-22(20-23)16-19-31-28(18-8-6-15-26(28)32)24-13-3-4-14-25(24)29/h3-4,9,11-14,20-21,30-31H,5-8,10,15-19H2,1-2H3/t21?,27-,28+/m0/s1. The molecule has 0 spiro atoms. The number of hydrogen-bond acceptors (Lipinski definition) is 3. The average molecular weight is 453 g/mol. The van der Waals surface area contributed by atoms with Gasteiger partial charge < -0.3 is 10.6 Å². The van der Waals surface area contributed by atoms with Crippen molar-refractivity contribution in [2.24, 2.45) is 5.92 Å². The Morgan fingerprint density at radius 3 is 2.59 bits per heavy atom. The number of carbonyl (C=O) groups is 1. The normalized spacial score (nSPS) is 28.6. The first-order valence-electron chi connectivity index (χ1n) is 12.3. The molecule has 2 saturated carbocycles. The van der Waals surface area contributed by atoms with Crippen LogP contribution < -0.4 is 10.6 Å². The van der Waals surface area contributed by atoms with E-state index in [2.05, 4.69) is 48.9 Å². The van der Waals surface area contributed by atoms with Crippen LogP contribution >= 0.6 is 11.6 Å². The van der Waals surface area contributed by atoms with E-state index in [0.29, 0.717) is 17.4 Å². The lowest BCUT2D eigenvalue weighted by molar-refractivity contribution is -0.128. The summed E-state index contributed by atoms with van der Waals surface area (Å²) in [5, 5.41) is 8.04. The molecule has 2 aromatic rings. The molecule has 2 fully saturated rings. The van der Waals surface area contributed by atoms with Gasteiger partial charge in [0.1, 0.15) is 5.54 Å². The molecule has 2 aromatic carbocycles. The van der Waals surface area contributed by atoms with Crippen molar-refractivity contribution >= 4 is 17.4 Å². The molecular weight excluding hydrogens is 416 g/mol. The molecule has 1 unspecified atom stereocenters. The fraction of sp³-hybridized carbons (Fsp3) is 0.536. The largest absolute Gasteiger partial charge is 0.310 e. The average Bonchev–Trinajstić information content (AvgIpc) is 2.81. The minimum Gasteiger partial charge on any atom is -0.310 e. The molecular formula is C28H37ClN2O. The van der Waals surface area contributed by atoms with Crippen molar-refractivity contribution in [1.29, 1.82) is 0 Å². The minimum atomic E-state index is -0.654. The molecule has 32 heavy (non-hydrogen) atoms. The molecule has 2 aliphatic carbocycles. The van der Waals surface area contributed by atoms with Gasteiger partial charge in [-0.05, 0) is 67.8 Å². The van der Waals surface area contributed by atoms with Crippen LogP contribution in [-0.4, -0.2) is 19.4 Å². The first-order chi connectivity index (χ1) is 15.5. The second-order valence-electron chi connectivity index (χ2n) is 9.76. The van der Waals surface area contributed by atoms with Crippen LogP contribution in [0.2, 0.25) is 5.02 Å². The van der Waals surface area contributed by atoms with E-state index in [0.717, 1.165) is 37.8 Å². The van der Waals surface area contributed by atoms with Crippen molar-refractivity contribution in [3.8, 4) is 0 Å². The molecule has 0 amide bonds. The van der Waals surface area contributed by atoms with E-state index in [4.69, 9.17) is 11.6 Å². The third-order valence-electron chi connectivity index (χ3n) is 8.04.